The molecule has 2 nitrogen and oxygen atoms in total. The van der Waals surface area contributed by atoms with Crippen LogP contribution in [0.15, 0.2) is 109 Å². The second-order valence-electron chi connectivity index (χ2n) is 9.87. The summed E-state index contributed by atoms with van der Waals surface area (Å²) in [6.07, 6.45) is 0. The standard InChI is InChI=1S/C33H24N2/c1-33(2)28-17-8-6-14-23(28)27-20-26-22(19-29(27)33)13-10-16-24(26)32-34-30-18-9-7-15-25(30)31(35-32)21-11-4-3-5-12-21/h3-20H,1-2H3. The highest BCUT2D eigenvalue weighted by molar-refractivity contribution is 6.02. The van der Waals surface area contributed by atoms with Gasteiger partial charge in [-0.2, -0.15) is 0 Å². The van der Waals surface area contributed by atoms with Crippen LogP contribution in [0, 0.1) is 0 Å². The zero-order valence-corrected chi connectivity index (χ0v) is 19.8. The lowest BCUT2D eigenvalue weighted by atomic mass is 9.82. The van der Waals surface area contributed by atoms with E-state index in [1.54, 1.807) is 0 Å². The summed E-state index contributed by atoms with van der Waals surface area (Å²) < 4.78 is 0. The Bertz CT molecular complexity index is 1760. The highest BCUT2D eigenvalue weighted by Gasteiger charge is 2.35. The Labute approximate surface area is 204 Å². The molecule has 1 aromatic heterocycles. The molecule has 0 N–H and O–H groups in total. The van der Waals surface area contributed by atoms with Gasteiger partial charge in [0.1, 0.15) is 0 Å². The number of nitrogens with zero attached hydrogens (tertiary/aromatic N) is 2. The molecule has 0 radical (unpaired) electrons. The molecule has 0 atom stereocenters. The number of fused-ring (bicyclic) bond motifs is 5. The molecule has 35 heavy (non-hydrogen) atoms. The van der Waals surface area contributed by atoms with Crippen LogP contribution in [-0.4, -0.2) is 9.97 Å². The Morgan fingerprint density at radius 1 is 0.543 bits per heavy atom. The van der Waals surface area contributed by atoms with Crippen LogP contribution in [0.1, 0.15) is 25.0 Å². The summed E-state index contributed by atoms with van der Waals surface area (Å²) in [5.41, 5.74) is 9.49. The number of benzene rings is 5. The lowest BCUT2D eigenvalue weighted by Crippen LogP contribution is -2.14. The Morgan fingerprint density at radius 2 is 1.29 bits per heavy atom. The summed E-state index contributed by atoms with van der Waals surface area (Å²) >= 11 is 0. The van der Waals surface area contributed by atoms with E-state index < -0.39 is 0 Å². The van der Waals surface area contributed by atoms with Gasteiger partial charge in [0.25, 0.3) is 0 Å². The lowest BCUT2D eigenvalue weighted by molar-refractivity contribution is 0.661. The van der Waals surface area contributed by atoms with E-state index in [0.717, 1.165) is 33.5 Å². The first-order chi connectivity index (χ1) is 17.1. The van der Waals surface area contributed by atoms with Crippen LogP contribution in [0.3, 0.4) is 0 Å². The van der Waals surface area contributed by atoms with Crippen molar-refractivity contribution in [1.29, 1.82) is 0 Å². The predicted molar refractivity (Wildman–Crippen MR) is 145 cm³/mol. The van der Waals surface area contributed by atoms with Gasteiger partial charge in [-0.25, -0.2) is 9.97 Å². The van der Waals surface area contributed by atoms with Gasteiger partial charge in [-0.05, 0) is 51.2 Å². The Balaban J connectivity index is 1.52. The fraction of sp³-hybridized carbons (Fsp3) is 0.0909. The summed E-state index contributed by atoms with van der Waals surface area (Å²) in [7, 11) is 0. The number of hydrogen-bond donors (Lipinski definition) is 0. The van der Waals surface area contributed by atoms with Gasteiger partial charge in [-0.15, -0.1) is 0 Å². The molecule has 1 aliphatic rings. The first-order valence-corrected chi connectivity index (χ1v) is 12.1. The zero-order chi connectivity index (χ0) is 23.6. The largest absolute Gasteiger partial charge is 0.228 e. The molecule has 1 aliphatic carbocycles. The molecular weight excluding hydrogens is 424 g/mol. The van der Waals surface area contributed by atoms with Gasteiger partial charge in [0, 0.05) is 21.9 Å². The minimum atomic E-state index is -0.0178. The molecule has 0 unspecified atom stereocenters. The zero-order valence-electron chi connectivity index (χ0n) is 19.8. The molecule has 0 bridgehead atoms. The number of rotatable bonds is 2. The molecule has 0 saturated carbocycles. The van der Waals surface area contributed by atoms with Crippen molar-refractivity contribution >= 4 is 21.7 Å². The lowest BCUT2D eigenvalue weighted by Gasteiger charge is -2.22. The normalized spacial score (nSPS) is 13.7. The van der Waals surface area contributed by atoms with E-state index in [9.17, 15) is 0 Å². The van der Waals surface area contributed by atoms with Gasteiger partial charge < -0.3 is 0 Å². The highest BCUT2D eigenvalue weighted by Crippen LogP contribution is 2.50. The first kappa shape index (κ1) is 20.1. The van der Waals surface area contributed by atoms with Crippen molar-refractivity contribution in [3.63, 3.8) is 0 Å². The fourth-order valence-corrected chi connectivity index (χ4v) is 5.68. The molecule has 7 rings (SSSR count). The van der Waals surface area contributed by atoms with Crippen LogP contribution in [0.25, 0.3) is 55.4 Å². The minimum Gasteiger partial charge on any atom is -0.228 e. The van der Waals surface area contributed by atoms with Gasteiger partial charge in [-0.3, -0.25) is 0 Å². The Hall–Kier alpha value is -4.30. The molecule has 2 heteroatoms. The molecule has 0 aliphatic heterocycles. The smallest absolute Gasteiger partial charge is 0.161 e. The maximum atomic E-state index is 5.15. The fourth-order valence-electron chi connectivity index (χ4n) is 5.68. The van der Waals surface area contributed by atoms with E-state index in [2.05, 4.69) is 111 Å². The molecule has 166 valence electrons. The van der Waals surface area contributed by atoms with Crippen molar-refractivity contribution in [1.82, 2.24) is 9.97 Å². The van der Waals surface area contributed by atoms with Gasteiger partial charge in [-0.1, -0.05) is 105 Å². The second-order valence-corrected chi connectivity index (χ2v) is 9.87. The van der Waals surface area contributed by atoms with Gasteiger partial charge in [0.15, 0.2) is 5.82 Å². The molecule has 0 amide bonds. The molecule has 0 saturated heterocycles. The van der Waals surface area contributed by atoms with Crippen molar-refractivity contribution in [3.8, 4) is 33.8 Å². The Morgan fingerprint density at radius 3 is 2.17 bits per heavy atom. The maximum absolute atomic E-state index is 5.15. The molecular formula is C33H24N2. The van der Waals surface area contributed by atoms with Gasteiger partial charge in [0.2, 0.25) is 0 Å². The third-order valence-corrected chi connectivity index (χ3v) is 7.47. The summed E-state index contributed by atoms with van der Waals surface area (Å²) in [4.78, 5) is 10.2. The van der Waals surface area contributed by atoms with Crippen LogP contribution in [0.4, 0.5) is 0 Å². The number of aromatic nitrogens is 2. The predicted octanol–water partition coefficient (Wildman–Crippen LogP) is 8.42. The molecule has 6 aromatic rings. The van der Waals surface area contributed by atoms with E-state index in [1.165, 1.54) is 33.0 Å². The van der Waals surface area contributed by atoms with E-state index in [4.69, 9.17) is 9.97 Å². The molecule has 0 spiro atoms. The van der Waals surface area contributed by atoms with Gasteiger partial charge >= 0.3 is 0 Å². The van der Waals surface area contributed by atoms with E-state index in [1.807, 2.05) is 12.1 Å². The molecule has 0 fully saturated rings. The van der Waals surface area contributed by atoms with Crippen molar-refractivity contribution in [2.75, 3.05) is 0 Å². The van der Waals surface area contributed by atoms with E-state index in [-0.39, 0.29) is 5.41 Å². The highest BCUT2D eigenvalue weighted by atomic mass is 14.9. The van der Waals surface area contributed by atoms with Crippen LogP contribution < -0.4 is 0 Å². The topological polar surface area (TPSA) is 25.8 Å². The minimum absolute atomic E-state index is 0.0178. The average Bonchev–Trinajstić information content (AvgIpc) is 3.13. The van der Waals surface area contributed by atoms with Gasteiger partial charge in [0.05, 0.1) is 11.2 Å². The quantitative estimate of drug-likeness (QED) is 0.266. The monoisotopic (exact) mass is 448 g/mol. The van der Waals surface area contributed by atoms with Crippen LogP contribution >= 0.6 is 0 Å². The SMILES string of the molecule is CC1(C)c2ccccc2-c2cc3c(-c4nc(-c5ccccc5)c5ccccc5n4)cccc3cc21. The van der Waals surface area contributed by atoms with Crippen molar-refractivity contribution in [2.45, 2.75) is 19.3 Å². The maximum Gasteiger partial charge on any atom is 0.161 e. The third-order valence-electron chi connectivity index (χ3n) is 7.47. The van der Waals surface area contributed by atoms with E-state index in [0.29, 0.717) is 0 Å². The van der Waals surface area contributed by atoms with Crippen LogP contribution in [0.5, 0.6) is 0 Å². The van der Waals surface area contributed by atoms with Crippen molar-refractivity contribution in [3.05, 3.63) is 120 Å². The number of hydrogen-bond acceptors (Lipinski definition) is 2. The summed E-state index contributed by atoms with van der Waals surface area (Å²) in [5.74, 6) is 0.763. The van der Waals surface area contributed by atoms with E-state index >= 15 is 0 Å². The third kappa shape index (κ3) is 2.96. The number of para-hydroxylation sites is 1. The molecule has 1 heterocycles. The average molecular weight is 449 g/mol. The Kier molecular flexibility index (Phi) is 4.22. The summed E-state index contributed by atoms with van der Waals surface area (Å²) in [6, 6.07) is 38.7. The second kappa shape index (κ2) is 7.35. The van der Waals surface area contributed by atoms with Crippen molar-refractivity contribution < 1.29 is 0 Å². The van der Waals surface area contributed by atoms with Crippen molar-refractivity contribution in [2.24, 2.45) is 0 Å². The summed E-state index contributed by atoms with van der Waals surface area (Å²) in [5, 5.41) is 3.48. The van der Waals surface area contributed by atoms with Crippen LogP contribution in [-0.2, 0) is 5.41 Å². The summed E-state index contributed by atoms with van der Waals surface area (Å²) in [6.45, 7) is 4.65. The molecule has 5 aromatic carbocycles. The first-order valence-electron chi connectivity index (χ1n) is 12.1. The van der Waals surface area contributed by atoms with Crippen LogP contribution in [0.2, 0.25) is 0 Å².